The predicted octanol–water partition coefficient (Wildman–Crippen LogP) is 1.05. The van der Waals surface area contributed by atoms with Crippen LogP contribution in [0.1, 0.15) is 18.2 Å². The highest BCUT2D eigenvalue weighted by atomic mass is 79.9. The summed E-state index contributed by atoms with van der Waals surface area (Å²) in [7, 11) is 0. The molecule has 1 saturated carbocycles. The van der Waals surface area contributed by atoms with Crippen LogP contribution in [0.4, 0.5) is 0 Å². The first-order valence-electron chi connectivity index (χ1n) is 3.50. The van der Waals surface area contributed by atoms with Crippen molar-refractivity contribution in [3.8, 4) is 0 Å². The predicted molar refractivity (Wildman–Crippen MR) is 45.1 cm³/mol. The lowest BCUT2D eigenvalue weighted by Crippen LogP contribution is -2.03. The maximum Gasteiger partial charge on any atom is 0.132 e. The molecule has 1 heterocycles. The first-order valence-corrected chi connectivity index (χ1v) is 4.29. The molecule has 0 aromatic carbocycles. The molecule has 1 aliphatic rings. The third-order valence-corrected chi connectivity index (χ3v) is 2.22. The summed E-state index contributed by atoms with van der Waals surface area (Å²) in [5, 5.41) is 0. The Balaban J connectivity index is 2.21. The Morgan fingerprint density at radius 1 is 1.45 bits per heavy atom. The zero-order valence-electron chi connectivity index (χ0n) is 5.87. The Hall–Kier alpha value is -0.480. The zero-order valence-corrected chi connectivity index (χ0v) is 7.45. The van der Waals surface area contributed by atoms with Gasteiger partial charge in [0.15, 0.2) is 0 Å². The highest BCUT2D eigenvalue weighted by molar-refractivity contribution is 9.10. The van der Waals surface area contributed by atoms with E-state index in [1.165, 1.54) is 0 Å². The summed E-state index contributed by atoms with van der Waals surface area (Å²) in [6.07, 6.45) is 4.54. The minimum Gasteiger partial charge on any atom is -0.327 e. The van der Waals surface area contributed by atoms with Crippen LogP contribution < -0.4 is 5.73 Å². The molecular weight excluding hydrogens is 206 g/mol. The van der Waals surface area contributed by atoms with Gasteiger partial charge in [0, 0.05) is 24.4 Å². The van der Waals surface area contributed by atoms with Gasteiger partial charge >= 0.3 is 0 Å². The van der Waals surface area contributed by atoms with Crippen LogP contribution >= 0.6 is 15.9 Å². The molecule has 0 radical (unpaired) electrons. The summed E-state index contributed by atoms with van der Waals surface area (Å²) in [6.45, 7) is 0. The van der Waals surface area contributed by atoms with Gasteiger partial charge in [0.1, 0.15) is 5.82 Å². The standard InChI is InChI=1S/C7H8BrN3/c8-4-2-10-7(11-3-4)5-1-6(5)9/h2-3,5-6H,1,9H2/t5-,6-/m1/s1. The molecule has 0 bridgehead atoms. The molecular formula is C7H8BrN3. The molecule has 1 aromatic heterocycles. The van der Waals surface area contributed by atoms with Gasteiger partial charge in [-0.3, -0.25) is 0 Å². The fourth-order valence-electron chi connectivity index (χ4n) is 1.03. The Labute approximate surface area is 73.2 Å². The maximum absolute atomic E-state index is 5.64. The smallest absolute Gasteiger partial charge is 0.132 e. The fourth-order valence-corrected chi connectivity index (χ4v) is 1.23. The van der Waals surface area contributed by atoms with Crippen molar-refractivity contribution in [2.45, 2.75) is 18.4 Å². The van der Waals surface area contributed by atoms with E-state index in [1.54, 1.807) is 12.4 Å². The van der Waals surface area contributed by atoms with Crippen LogP contribution in [0.25, 0.3) is 0 Å². The number of hydrogen-bond acceptors (Lipinski definition) is 3. The van der Waals surface area contributed by atoms with Crippen molar-refractivity contribution in [3.05, 3.63) is 22.7 Å². The van der Waals surface area contributed by atoms with Gasteiger partial charge in [-0.1, -0.05) is 0 Å². The minimum atomic E-state index is 0.288. The van der Waals surface area contributed by atoms with Gasteiger partial charge in [0.25, 0.3) is 0 Å². The van der Waals surface area contributed by atoms with E-state index >= 15 is 0 Å². The Morgan fingerprint density at radius 2 is 2.00 bits per heavy atom. The van der Waals surface area contributed by atoms with Crippen LogP contribution in [0.15, 0.2) is 16.9 Å². The summed E-state index contributed by atoms with van der Waals surface area (Å²) in [6, 6.07) is 0.288. The van der Waals surface area contributed by atoms with Gasteiger partial charge in [-0.2, -0.15) is 0 Å². The van der Waals surface area contributed by atoms with Crippen molar-refractivity contribution >= 4 is 15.9 Å². The van der Waals surface area contributed by atoms with Crippen molar-refractivity contribution in [2.24, 2.45) is 5.73 Å². The second-order valence-corrected chi connectivity index (χ2v) is 3.68. The molecule has 1 aromatic rings. The van der Waals surface area contributed by atoms with E-state index in [0.717, 1.165) is 16.7 Å². The highest BCUT2D eigenvalue weighted by Crippen LogP contribution is 2.36. The normalized spacial score (nSPS) is 28.5. The van der Waals surface area contributed by atoms with E-state index in [9.17, 15) is 0 Å². The number of rotatable bonds is 1. The summed E-state index contributed by atoms with van der Waals surface area (Å²) in [5.74, 6) is 1.28. The van der Waals surface area contributed by atoms with Gasteiger partial charge < -0.3 is 5.73 Å². The number of nitrogens with zero attached hydrogens (tertiary/aromatic N) is 2. The van der Waals surface area contributed by atoms with Crippen molar-refractivity contribution < 1.29 is 0 Å². The topological polar surface area (TPSA) is 51.8 Å². The molecule has 1 fully saturated rings. The largest absolute Gasteiger partial charge is 0.327 e. The van der Waals surface area contributed by atoms with Crippen molar-refractivity contribution in [1.82, 2.24) is 9.97 Å². The lowest BCUT2D eigenvalue weighted by Gasteiger charge is -1.94. The van der Waals surface area contributed by atoms with Crippen LogP contribution in [0.5, 0.6) is 0 Å². The molecule has 0 saturated heterocycles. The fraction of sp³-hybridized carbons (Fsp3) is 0.429. The average molecular weight is 214 g/mol. The van der Waals surface area contributed by atoms with E-state index in [1.807, 2.05) is 0 Å². The van der Waals surface area contributed by atoms with Crippen LogP contribution in [0, 0.1) is 0 Å². The molecule has 0 aliphatic heterocycles. The lowest BCUT2D eigenvalue weighted by molar-refractivity contribution is 0.880. The van der Waals surface area contributed by atoms with Gasteiger partial charge in [-0.25, -0.2) is 9.97 Å². The molecule has 11 heavy (non-hydrogen) atoms. The monoisotopic (exact) mass is 213 g/mol. The molecule has 2 atom stereocenters. The van der Waals surface area contributed by atoms with Crippen LogP contribution in [0.2, 0.25) is 0 Å². The van der Waals surface area contributed by atoms with Crippen LogP contribution in [-0.2, 0) is 0 Å². The second kappa shape index (κ2) is 2.53. The zero-order chi connectivity index (χ0) is 7.84. The molecule has 2 N–H and O–H groups in total. The Kier molecular flexibility index (Phi) is 1.65. The third-order valence-electron chi connectivity index (χ3n) is 1.81. The average Bonchev–Trinajstić information content (AvgIpc) is 2.69. The number of aromatic nitrogens is 2. The molecule has 0 amide bonds. The van der Waals surface area contributed by atoms with Gasteiger partial charge in [0.05, 0.1) is 4.47 Å². The Morgan fingerprint density at radius 3 is 2.45 bits per heavy atom. The summed E-state index contributed by atoms with van der Waals surface area (Å²) in [5.41, 5.74) is 5.64. The van der Waals surface area contributed by atoms with E-state index in [2.05, 4.69) is 25.9 Å². The van der Waals surface area contributed by atoms with Gasteiger partial charge in [-0.05, 0) is 22.4 Å². The van der Waals surface area contributed by atoms with E-state index in [-0.39, 0.29) is 6.04 Å². The molecule has 58 valence electrons. The van der Waals surface area contributed by atoms with Crippen molar-refractivity contribution in [2.75, 3.05) is 0 Å². The van der Waals surface area contributed by atoms with Gasteiger partial charge in [-0.15, -0.1) is 0 Å². The van der Waals surface area contributed by atoms with Crippen molar-refractivity contribution in [3.63, 3.8) is 0 Å². The maximum atomic E-state index is 5.64. The first-order chi connectivity index (χ1) is 5.27. The lowest BCUT2D eigenvalue weighted by atomic mass is 10.4. The number of nitrogens with two attached hydrogens (primary N) is 1. The molecule has 3 nitrogen and oxygen atoms in total. The van der Waals surface area contributed by atoms with E-state index < -0.39 is 0 Å². The SMILES string of the molecule is N[C@@H]1C[C@H]1c1ncc(Br)cn1. The Bertz CT molecular complexity index is 259. The third kappa shape index (κ3) is 1.41. The minimum absolute atomic E-state index is 0.288. The summed E-state index contributed by atoms with van der Waals surface area (Å²) in [4.78, 5) is 8.31. The number of halogens is 1. The molecule has 1 aliphatic carbocycles. The summed E-state index contributed by atoms with van der Waals surface area (Å²) < 4.78 is 0.912. The number of hydrogen-bond donors (Lipinski definition) is 1. The molecule has 0 unspecified atom stereocenters. The molecule has 4 heteroatoms. The van der Waals surface area contributed by atoms with Crippen molar-refractivity contribution in [1.29, 1.82) is 0 Å². The molecule has 0 spiro atoms. The second-order valence-electron chi connectivity index (χ2n) is 2.77. The van der Waals surface area contributed by atoms with Crippen LogP contribution in [-0.4, -0.2) is 16.0 Å². The highest BCUT2D eigenvalue weighted by Gasteiger charge is 2.37. The quantitative estimate of drug-likeness (QED) is 0.760. The van der Waals surface area contributed by atoms with E-state index in [0.29, 0.717) is 5.92 Å². The van der Waals surface area contributed by atoms with E-state index in [4.69, 9.17) is 5.73 Å². The van der Waals surface area contributed by atoms with Crippen LogP contribution in [0.3, 0.4) is 0 Å². The first kappa shape index (κ1) is 7.18. The van der Waals surface area contributed by atoms with Gasteiger partial charge in [0.2, 0.25) is 0 Å². The molecule has 2 rings (SSSR count). The summed E-state index contributed by atoms with van der Waals surface area (Å²) >= 11 is 3.27.